The maximum Gasteiger partial charge on any atom is 0.227 e. The van der Waals surface area contributed by atoms with Crippen LogP contribution < -0.4 is 0 Å². The summed E-state index contributed by atoms with van der Waals surface area (Å²) in [5.74, 6) is 3.22. The summed E-state index contributed by atoms with van der Waals surface area (Å²) < 4.78 is -0.661. The van der Waals surface area contributed by atoms with Gasteiger partial charge in [-0.1, -0.05) is 76.2 Å². The molecule has 7 rings (SSSR count). The lowest BCUT2D eigenvalue weighted by atomic mass is 9.74. The highest BCUT2D eigenvalue weighted by atomic mass is 32.2. The quantitative estimate of drug-likeness (QED) is 0.137. The number of aromatic nitrogens is 4. The Kier molecular flexibility index (Phi) is 9.37. The number of carbonyl (C=O) groups is 2. The standard InChI is InChI=1S/C39H47N5O2S3/c1-22(2)38(5,47)24(4)37(46)44-18-6-7-32(44)36-41-20-31(43-36)28-14-10-26(11-15-28)25-8-12-27(13-9-25)30-19-40-35(42-30)29-21-49-39(48)17-16-23(3)34(45)33(29)39/h8-15,19-20,22-24,29,32-33,47-48H,6-7,16-18,21H2,1-5H3,(H,40,42)(H,41,43). The molecule has 2 aromatic carbocycles. The summed E-state index contributed by atoms with van der Waals surface area (Å²) in [5.41, 5.74) is 6.27. The summed E-state index contributed by atoms with van der Waals surface area (Å²) in [5, 5.41) is 0. The van der Waals surface area contributed by atoms with Gasteiger partial charge in [-0.3, -0.25) is 9.59 Å². The van der Waals surface area contributed by atoms with E-state index in [-0.39, 0.29) is 50.4 Å². The van der Waals surface area contributed by atoms with Crippen LogP contribution in [0, 0.1) is 23.7 Å². The fourth-order valence-electron chi connectivity index (χ4n) is 7.81. The second-order valence-corrected chi connectivity index (χ2v) is 18.3. The van der Waals surface area contributed by atoms with Gasteiger partial charge in [0.25, 0.3) is 0 Å². The van der Waals surface area contributed by atoms with Crippen molar-refractivity contribution in [2.75, 3.05) is 12.3 Å². The number of Topliss-reactive ketones (excluding diaryl/α,β-unsaturated/α-hetero) is 1. The van der Waals surface area contributed by atoms with E-state index in [2.05, 4.69) is 86.2 Å². The van der Waals surface area contributed by atoms with Gasteiger partial charge in [-0.05, 0) is 60.8 Å². The first-order valence-electron chi connectivity index (χ1n) is 17.6. The van der Waals surface area contributed by atoms with Crippen molar-refractivity contribution in [2.24, 2.45) is 23.7 Å². The van der Waals surface area contributed by atoms with E-state index in [0.29, 0.717) is 5.78 Å². The Morgan fingerprint density at radius 3 is 2.08 bits per heavy atom. The molecule has 0 radical (unpaired) electrons. The van der Waals surface area contributed by atoms with Crippen LogP contribution in [0.2, 0.25) is 0 Å². The Hall–Kier alpha value is -2.95. The summed E-state index contributed by atoms with van der Waals surface area (Å²) >= 11 is 11.7. The first-order chi connectivity index (χ1) is 23.4. The number of carbonyl (C=O) groups excluding carboxylic acids is 2. The van der Waals surface area contributed by atoms with Gasteiger partial charge in [0.15, 0.2) is 0 Å². The van der Waals surface area contributed by atoms with E-state index in [1.165, 1.54) is 0 Å². The molecule has 3 fully saturated rings. The molecule has 4 aromatic rings. The average molecular weight is 714 g/mol. The van der Waals surface area contributed by atoms with Gasteiger partial charge in [-0.25, -0.2) is 9.97 Å². The molecule has 258 valence electrons. The van der Waals surface area contributed by atoms with Gasteiger partial charge in [0.05, 0.1) is 39.8 Å². The SMILES string of the molecule is CC1CCC2(S)SCC(c3ncc(-c4ccc(-c5ccc(-c6cnc(C7CCCN7C(=O)C(C)C(C)(S)C(C)C)[nH]6)cc5)cc4)[nH]3)C2C1=O. The number of nitrogens with zero attached hydrogens (tertiary/aromatic N) is 3. The number of nitrogens with one attached hydrogen (secondary N) is 2. The molecule has 7 atom stereocenters. The maximum absolute atomic E-state index is 13.6. The molecule has 1 aliphatic carbocycles. The van der Waals surface area contributed by atoms with Crippen molar-refractivity contribution in [3.8, 4) is 33.6 Å². The van der Waals surface area contributed by atoms with Crippen molar-refractivity contribution < 1.29 is 9.59 Å². The number of thiol groups is 2. The number of likely N-dealkylation sites (tertiary alicyclic amines) is 1. The number of imidazole rings is 2. The van der Waals surface area contributed by atoms with Gasteiger partial charge < -0.3 is 14.9 Å². The minimum atomic E-state index is -0.380. The van der Waals surface area contributed by atoms with E-state index < -0.39 is 0 Å². The van der Waals surface area contributed by atoms with Crippen LogP contribution in [0.15, 0.2) is 60.9 Å². The molecule has 2 aromatic heterocycles. The molecule has 4 heterocycles. The zero-order valence-corrected chi connectivity index (χ0v) is 31.5. The molecule has 1 saturated carbocycles. The number of H-pyrrole nitrogens is 2. The zero-order chi connectivity index (χ0) is 34.7. The van der Waals surface area contributed by atoms with Crippen molar-refractivity contribution in [2.45, 2.75) is 81.1 Å². The molecule has 7 unspecified atom stereocenters. The van der Waals surface area contributed by atoms with Crippen molar-refractivity contribution in [3.05, 3.63) is 72.6 Å². The van der Waals surface area contributed by atoms with E-state index in [9.17, 15) is 9.59 Å². The minimum absolute atomic E-state index is 0.0456. The lowest BCUT2D eigenvalue weighted by molar-refractivity contribution is -0.137. The Morgan fingerprint density at radius 1 is 0.939 bits per heavy atom. The molecule has 0 spiro atoms. The first-order valence-corrected chi connectivity index (χ1v) is 19.5. The Bertz CT molecular complexity index is 1830. The highest BCUT2D eigenvalue weighted by Gasteiger charge is 2.55. The molecule has 0 bridgehead atoms. The number of hydrogen-bond donors (Lipinski definition) is 4. The fourth-order valence-corrected chi connectivity index (χ4v) is 10.1. The maximum atomic E-state index is 13.6. The van der Waals surface area contributed by atoms with Crippen LogP contribution in [0.25, 0.3) is 33.6 Å². The van der Waals surface area contributed by atoms with Gasteiger partial charge in [-0.15, -0.1) is 11.8 Å². The number of amides is 1. The molecular formula is C39H47N5O2S3. The number of thioether (sulfide) groups is 1. The van der Waals surface area contributed by atoms with E-state index >= 15 is 0 Å². The van der Waals surface area contributed by atoms with Crippen molar-refractivity contribution in [3.63, 3.8) is 0 Å². The number of fused-ring (bicyclic) bond motifs is 1. The number of aromatic amines is 2. The molecule has 10 heteroatoms. The summed E-state index contributed by atoms with van der Waals surface area (Å²) in [6.07, 6.45) is 7.52. The van der Waals surface area contributed by atoms with Gasteiger partial charge in [-0.2, -0.15) is 25.3 Å². The number of hydrogen-bond acceptors (Lipinski definition) is 7. The van der Waals surface area contributed by atoms with Crippen LogP contribution in [0.4, 0.5) is 0 Å². The van der Waals surface area contributed by atoms with Crippen LogP contribution in [-0.2, 0) is 9.59 Å². The van der Waals surface area contributed by atoms with Crippen molar-refractivity contribution in [1.29, 1.82) is 0 Å². The zero-order valence-electron chi connectivity index (χ0n) is 28.9. The summed E-state index contributed by atoms with van der Waals surface area (Å²) in [4.78, 5) is 45.3. The third-order valence-electron chi connectivity index (χ3n) is 11.7. The van der Waals surface area contributed by atoms with Crippen LogP contribution >= 0.6 is 37.0 Å². The summed E-state index contributed by atoms with van der Waals surface area (Å²) in [6, 6.07) is 17.0. The highest BCUT2D eigenvalue weighted by Crippen LogP contribution is 2.58. The smallest absolute Gasteiger partial charge is 0.227 e. The molecule has 1 amide bonds. The number of rotatable bonds is 8. The Labute approximate surface area is 305 Å². The molecule has 2 saturated heterocycles. The lowest BCUT2D eigenvalue weighted by Crippen LogP contribution is -2.45. The van der Waals surface area contributed by atoms with Gasteiger partial charge in [0.2, 0.25) is 5.91 Å². The largest absolute Gasteiger partial charge is 0.342 e. The predicted octanol–water partition coefficient (Wildman–Crippen LogP) is 8.85. The van der Waals surface area contributed by atoms with Gasteiger partial charge in [0, 0.05) is 34.8 Å². The topological polar surface area (TPSA) is 94.7 Å². The number of ketones is 1. The predicted molar refractivity (Wildman–Crippen MR) is 206 cm³/mol. The lowest BCUT2D eigenvalue weighted by Gasteiger charge is -2.37. The molecular weight excluding hydrogens is 667 g/mol. The van der Waals surface area contributed by atoms with E-state index in [1.54, 1.807) is 0 Å². The third-order valence-corrected chi connectivity index (χ3v) is 14.9. The van der Waals surface area contributed by atoms with Crippen LogP contribution in [-0.4, -0.2) is 57.6 Å². The van der Waals surface area contributed by atoms with Crippen molar-refractivity contribution >= 4 is 48.7 Å². The number of benzene rings is 2. The third kappa shape index (κ3) is 6.31. The van der Waals surface area contributed by atoms with Gasteiger partial charge >= 0.3 is 0 Å². The second-order valence-electron chi connectivity index (χ2n) is 14.9. The van der Waals surface area contributed by atoms with Crippen LogP contribution in [0.1, 0.15) is 83.9 Å². The Balaban J connectivity index is 1.02. The molecule has 7 nitrogen and oxygen atoms in total. The molecule has 3 aliphatic rings. The minimum Gasteiger partial charge on any atom is -0.342 e. The highest BCUT2D eigenvalue weighted by molar-refractivity contribution is 8.11. The monoisotopic (exact) mass is 713 g/mol. The van der Waals surface area contributed by atoms with E-state index in [1.807, 2.05) is 36.0 Å². The molecule has 2 aliphatic heterocycles. The fraction of sp³-hybridized carbons (Fsp3) is 0.487. The summed E-state index contributed by atoms with van der Waals surface area (Å²) in [6.45, 7) is 11.1. The molecule has 2 N–H and O–H groups in total. The summed E-state index contributed by atoms with van der Waals surface area (Å²) in [7, 11) is 0. The van der Waals surface area contributed by atoms with Crippen LogP contribution in [0.5, 0.6) is 0 Å². The average Bonchev–Trinajstić information content (AvgIpc) is 3.92. The van der Waals surface area contributed by atoms with E-state index in [0.717, 1.165) is 83.3 Å². The van der Waals surface area contributed by atoms with Crippen molar-refractivity contribution in [1.82, 2.24) is 24.8 Å². The Morgan fingerprint density at radius 2 is 1.49 bits per heavy atom. The molecule has 49 heavy (non-hydrogen) atoms. The first kappa shape index (κ1) is 34.5. The second kappa shape index (κ2) is 13.3. The van der Waals surface area contributed by atoms with Gasteiger partial charge in [0.1, 0.15) is 17.4 Å². The normalized spacial score (nSPS) is 27.3. The van der Waals surface area contributed by atoms with Crippen LogP contribution in [0.3, 0.4) is 0 Å². The van der Waals surface area contributed by atoms with E-state index in [4.69, 9.17) is 35.2 Å².